The number of carbonyl (C=O) groups is 1. The minimum absolute atomic E-state index is 0.0391. The van der Waals surface area contributed by atoms with Gasteiger partial charge in [-0.1, -0.05) is 24.3 Å². The lowest BCUT2D eigenvalue weighted by atomic mass is 9.93. The lowest BCUT2D eigenvalue weighted by Crippen LogP contribution is -2.47. The summed E-state index contributed by atoms with van der Waals surface area (Å²) in [6.07, 6.45) is 2.55. The number of rotatable bonds is 4. The van der Waals surface area contributed by atoms with Crippen LogP contribution in [0.2, 0.25) is 0 Å². The van der Waals surface area contributed by atoms with Crippen molar-refractivity contribution in [3.05, 3.63) is 54.2 Å². The third-order valence-electron chi connectivity index (χ3n) is 5.31. The molecule has 2 saturated heterocycles. The summed E-state index contributed by atoms with van der Waals surface area (Å²) in [6.45, 7) is -1.14. The monoisotopic (exact) mass is 407 g/mol. The van der Waals surface area contributed by atoms with Crippen LogP contribution in [0, 0.1) is 0 Å². The van der Waals surface area contributed by atoms with Gasteiger partial charge in [0.1, 0.15) is 5.82 Å². The molecular weight excluding hydrogens is 388 g/mol. The van der Waals surface area contributed by atoms with E-state index in [1.807, 2.05) is 0 Å². The van der Waals surface area contributed by atoms with E-state index in [4.69, 9.17) is 0 Å². The predicted octanol–water partition coefficient (Wildman–Crippen LogP) is 1.76. The Balaban J connectivity index is 1.59. The van der Waals surface area contributed by atoms with Gasteiger partial charge in [0.05, 0.1) is 11.4 Å². The first-order valence-corrected chi connectivity index (χ1v) is 10.6. The minimum Gasteiger partial charge on any atom is -0.292 e. The second-order valence-electron chi connectivity index (χ2n) is 7.37. The molecule has 2 atom stereocenters. The van der Waals surface area contributed by atoms with E-state index in [1.165, 1.54) is 23.2 Å². The Morgan fingerprint density at radius 3 is 2.43 bits per heavy atom. The number of halogens is 2. The van der Waals surface area contributed by atoms with Crippen molar-refractivity contribution in [2.24, 2.45) is 0 Å². The number of benzene rings is 1. The van der Waals surface area contributed by atoms with Gasteiger partial charge in [-0.15, -0.1) is 0 Å². The summed E-state index contributed by atoms with van der Waals surface area (Å²) in [5.74, 6) is -0.738. The molecule has 4 rings (SSSR count). The Kier molecular flexibility index (Phi) is 4.27. The van der Waals surface area contributed by atoms with Crippen molar-refractivity contribution in [1.82, 2.24) is 9.88 Å². The zero-order valence-corrected chi connectivity index (χ0v) is 16.0. The average molecular weight is 407 g/mol. The highest BCUT2D eigenvalue weighted by atomic mass is 32.2. The first kappa shape index (κ1) is 18.9. The van der Waals surface area contributed by atoms with Crippen LogP contribution in [0.1, 0.15) is 5.56 Å². The number of nitrogens with zero attached hydrogens (tertiary/aromatic N) is 3. The summed E-state index contributed by atoms with van der Waals surface area (Å²) in [4.78, 5) is 19.3. The molecule has 28 heavy (non-hydrogen) atoms. The van der Waals surface area contributed by atoms with E-state index in [0.717, 1.165) is 11.2 Å². The molecule has 2 aliphatic rings. The van der Waals surface area contributed by atoms with Crippen molar-refractivity contribution in [1.29, 1.82) is 0 Å². The quantitative estimate of drug-likeness (QED) is 0.773. The van der Waals surface area contributed by atoms with Gasteiger partial charge in [-0.2, -0.15) is 0 Å². The molecule has 2 aromatic rings. The van der Waals surface area contributed by atoms with Gasteiger partial charge in [-0.3, -0.25) is 14.6 Å². The van der Waals surface area contributed by atoms with Crippen LogP contribution in [0.25, 0.3) is 0 Å². The molecule has 3 heterocycles. The third-order valence-corrected chi connectivity index (χ3v) is 6.51. The van der Waals surface area contributed by atoms with Crippen LogP contribution in [0.5, 0.6) is 0 Å². The number of anilines is 1. The van der Waals surface area contributed by atoms with Crippen molar-refractivity contribution in [3.63, 3.8) is 0 Å². The molecule has 0 N–H and O–H groups in total. The fourth-order valence-electron chi connectivity index (χ4n) is 4.00. The first-order chi connectivity index (χ1) is 13.1. The van der Waals surface area contributed by atoms with Crippen LogP contribution < -0.4 is 4.90 Å². The zero-order valence-electron chi connectivity index (χ0n) is 15.2. The molecule has 0 spiro atoms. The lowest BCUT2D eigenvalue weighted by molar-refractivity contribution is -0.130. The number of hydrogen-bond acceptors (Lipinski definition) is 5. The number of fused-ring (bicyclic) bond motifs is 1. The van der Waals surface area contributed by atoms with E-state index in [1.54, 1.807) is 30.3 Å². The molecule has 6 nitrogen and oxygen atoms in total. The molecule has 9 heteroatoms. The molecule has 2 fully saturated rings. The molecule has 1 aromatic heterocycles. The fraction of sp³-hybridized carbons (Fsp3) is 0.368. The second-order valence-corrected chi connectivity index (χ2v) is 9.35. The molecule has 0 unspecified atom stereocenters. The van der Waals surface area contributed by atoms with E-state index in [9.17, 15) is 13.2 Å². The maximum absolute atomic E-state index is 15.5. The molecular formula is C19H19F2N3O3S. The van der Waals surface area contributed by atoms with E-state index in [0.29, 0.717) is 5.56 Å². The molecule has 0 saturated carbocycles. The Morgan fingerprint density at radius 2 is 1.79 bits per heavy atom. The zero-order chi connectivity index (χ0) is 20.2. The largest absolute Gasteiger partial charge is 0.292 e. The molecule has 0 bridgehead atoms. The smallest absolute Gasteiger partial charge is 0.270 e. The second kappa shape index (κ2) is 6.31. The van der Waals surface area contributed by atoms with Crippen LogP contribution in [0.4, 0.5) is 14.6 Å². The van der Waals surface area contributed by atoms with Crippen LogP contribution >= 0.6 is 0 Å². The van der Waals surface area contributed by atoms with Gasteiger partial charge >= 0.3 is 0 Å². The number of hydrogen-bond donors (Lipinski definition) is 0. The van der Waals surface area contributed by atoms with Crippen LogP contribution in [0.3, 0.4) is 0 Å². The predicted molar refractivity (Wildman–Crippen MR) is 99.1 cm³/mol. The van der Waals surface area contributed by atoms with Crippen LogP contribution in [-0.4, -0.2) is 61.4 Å². The summed E-state index contributed by atoms with van der Waals surface area (Å²) < 4.78 is 55.0. The van der Waals surface area contributed by atoms with Gasteiger partial charge < -0.3 is 0 Å². The summed E-state index contributed by atoms with van der Waals surface area (Å²) in [5.41, 5.74) is -4.63. The van der Waals surface area contributed by atoms with E-state index < -0.39 is 40.2 Å². The van der Waals surface area contributed by atoms with Gasteiger partial charge in [0.2, 0.25) is 5.67 Å². The maximum Gasteiger partial charge on any atom is 0.270 e. The summed E-state index contributed by atoms with van der Waals surface area (Å²) in [6, 6.07) is 11.2. The summed E-state index contributed by atoms with van der Waals surface area (Å²) in [5, 5.41) is 0. The van der Waals surface area contributed by atoms with Gasteiger partial charge in [-0.05, 0) is 23.8 Å². The van der Waals surface area contributed by atoms with E-state index >= 15 is 8.78 Å². The number of sulfone groups is 1. The normalized spacial score (nSPS) is 28.0. The lowest BCUT2D eigenvalue weighted by Gasteiger charge is -2.22. The molecule has 1 amide bonds. The Bertz CT molecular complexity index is 1030. The van der Waals surface area contributed by atoms with E-state index in [-0.39, 0.29) is 23.8 Å². The van der Waals surface area contributed by atoms with E-state index in [2.05, 4.69) is 4.98 Å². The van der Waals surface area contributed by atoms with Gasteiger partial charge in [-0.25, -0.2) is 22.2 Å². The number of alkyl halides is 2. The molecule has 1 aromatic carbocycles. The Morgan fingerprint density at radius 1 is 1.07 bits per heavy atom. The number of carbonyl (C=O) groups excluding carboxylic acids is 1. The third kappa shape index (κ3) is 2.89. The SMILES string of the molecule is CS(=O)(=O)c1ccccc1CN1C[C@]2(F)CN(c3ccccn3)C(=O)[C@]2(F)C1. The van der Waals surface area contributed by atoms with Gasteiger partial charge in [0, 0.05) is 32.1 Å². The highest BCUT2D eigenvalue weighted by molar-refractivity contribution is 7.90. The molecule has 0 radical (unpaired) electrons. The maximum atomic E-state index is 15.5. The Hall–Kier alpha value is -2.39. The molecule has 0 aliphatic carbocycles. The van der Waals surface area contributed by atoms with Gasteiger partial charge in [0.15, 0.2) is 15.5 Å². The van der Waals surface area contributed by atoms with Crippen molar-refractivity contribution in [2.75, 3.05) is 30.8 Å². The number of amides is 1. The molecule has 2 aliphatic heterocycles. The van der Waals surface area contributed by atoms with Crippen molar-refractivity contribution in [3.8, 4) is 0 Å². The minimum atomic E-state index is -3.48. The summed E-state index contributed by atoms with van der Waals surface area (Å²) >= 11 is 0. The number of likely N-dealkylation sites (tertiary alicyclic amines) is 1. The van der Waals surface area contributed by atoms with Crippen molar-refractivity contribution in [2.45, 2.75) is 22.8 Å². The van der Waals surface area contributed by atoms with Crippen LogP contribution in [-0.2, 0) is 21.2 Å². The topological polar surface area (TPSA) is 70.6 Å². The fourth-order valence-corrected chi connectivity index (χ4v) is 4.94. The van der Waals surface area contributed by atoms with Crippen molar-refractivity contribution < 1.29 is 22.0 Å². The van der Waals surface area contributed by atoms with Crippen molar-refractivity contribution >= 4 is 21.6 Å². The van der Waals surface area contributed by atoms with Crippen LogP contribution in [0.15, 0.2) is 53.6 Å². The number of aromatic nitrogens is 1. The molecule has 148 valence electrons. The van der Waals surface area contributed by atoms with Gasteiger partial charge in [0.25, 0.3) is 5.91 Å². The highest BCUT2D eigenvalue weighted by Gasteiger charge is 2.71. The average Bonchev–Trinajstić information content (AvgIpc) is 3.00. The standard InChI is InChI=1S/C19H19F2N3O3S/c1-28(26,27)15-7-3-2-6-14(15)10-23-11-18(20)12-24(16-8-4-5-9-22-16)17(25)19(18,21)13-23/h2-9H,10-13H2,1H3/t18-,19+/m0/s1. The Labute approximate surface area is 161 Å². The highest BCUT2D eigenvalue weighted by Crippen LogP contribution is 2.46. The number of pyridine rings is 1. The summed E-state index contributed by atoms with van der Waals surface area (Å²) in [7, 11) is -3.48. The first-order valence-electron chi connectivity index (χ1n) is 8.75.